The van der Waals surface area contributed by atoms with Gasteiger partial charge in [-0.1, -0.05) is 0 Å². The molecule has 2 heterocycles. The number of hydrogen-bond acceptors (Lipinski definition) is 4. The molecule has 2 rings (SSSR count). The average molecular weight is 419 g/mol. The molecule has 110 valence electrons. The monoisotopic (exact) mass is 417 g/mol. The Morgan fingerprint density at radius 2 is 1.52 bits per heavy atom. The van der Waals surface area contributed by atoms with E-state index in [1.807, 2.05) is 0 Å². The van der Waals surface area contributed by atoms with Gasteiger partial charge in [0.25, 0.3) is 0 Å². The number of halogens is 2. The number of amides is 1. The molecular weight excluding hydrogens is 410 g/mol. The summed E-state index contributed by atoms with van der Waals surface area (Å²) in [6, 6.07) is 3.12. The second-order valence-corrected chi connectivity index (χ2v) is 5.35. The van der Waals surface area contributed by atoms with Crippen molar-refractivity contribution in [1.29, 1.82) is 0 Å². The fraction of sp³-hybridized carbons (Fsp3) is 0. The van der Waals surface area contributed by atoms with Crippen LogP contribution in [0.4, 0.5) is 10.5 Å². The SMILES string of the molecule is O=C(O)Nc1cncc(Br)c1.O=C(O)c1cncc(Br)c1. The smallest absolute Gasteiger partial charge is 0.409 e. The molecule has 0 aromatic carbocycles. The lowest BCUT2D eigenvalue weighted by Crippen LogP contribution is -2.07. The van der Waals surface area contributed by atoms with Crippen LogP contribution in [0.15, 0.2) is 45.9 Å². The number of hydrogen-bond donors (Lipinski definition) is 3. The predicted octanol–water partition coefficient (Wildman–Crippen LogP) is 3.48. The molecule has 0 fully saturated rings. The number of carboxylic acids is 1. The molecule has 21 heavy (non-hydrogen) atoms. The lowest BCUT2D eigenvalue weighted by atomic mass is 10.3. The minimum atomic E-state index is -1.09. The van der Waals surface area contributed by atoms with Crippen LogP contribution in [0.2, 0.25) is 0 Å². The number of nitrogens with zero attached hydrogens (tertiary/aromatic N) is 2. The summed E-state index contributed by atoms with van der Waals surface area (Å²) in [6.45, 7) is 0. The Kier molecular flexibility index (Phi) is 6.76. The molecule has 2 aromatic heterocycles. The highest BCUT2D eigenvalue weighted by molar-refractivity contribution is 9.10. The van der Waals surface area contributed by atoms with Crippen molar-refractivity contribution in [3.63, 3.8) is 0 Å². The van der Waals surface area contributed by atoms with Gasteiger partial charge in [0, 0.05) is 27.5 Å². The number of aromatic nitrogens is 2. The van der Waals surface area contributed by atoms with E-state index in [1.54, 1.807) is 12.3 Å². The Morgan fingerprint density at radius 3 is 1.95 bits per heavy atom. The highest BCUT2D eigenvalue weighted by atomic mass is 79.9. The van der Waals surface area contributed by atoms with Gasteiger partial charge in [-0.05, 0) is 44.0 Å². The normalized spacial score (nSPS) is 9.24. The summed E-state index contributed by atoms with van der Waals surface area (Å²) >= 11 is 6.26. The van der Waals surface area contributed by atoms with Gasteiger partial charge in [0.05, 0.1) is 17.4 Å². The Balaban J connectivity index is 0.000000211. The maximum absolute atomic E-state index is 10.3. The molecule has 0 aliphatic heterocycles. The third-order valence-electron chi connectivity index (χ3n) is 1.91. The first-order valence-electron chi connectivity index (χ1n) is 5.33. The number of rotatable bonds is 2. The molecule has 2 aromatic rings. The summed E-state index contributed by atoms with van der Waals surface area (Å²) in [5.74, 6) is -0.964. The molecule has 0 spiro atoms. The fourth-order valence-electron chi connectivity index (χ4n) is 1.13. The molecule has 1 amide bonds. The van der Waals surface area contributed by atoms with Crippen LogP contribution in [0.25, 0.3) is 0 Å². The maximum Gasteiger partial charge on any atom is 0.409 e. The quantitative estimate of drug-likeness (QED) is 0.688. The number of carbonyl (C=O) groups is 2. The van der Waals surface area contributed by atoms with Crippen molar-refractivity contribution in [1.82, 2.24) is 9.97 Å². The van der Waals surface area contributed by atoms with Gasteiger partial charge in [0.15, 0.2) is 0 Å². The van der Waals surface area contributed by atoms with Crippen LogP contribution in [-0.4, -0.2) is 32.2 Å². The van der Waals surface area contributed by atoms with Crippen LogP contribution in [0.5, 0.6) is 0 Å². The van der Waals surface area contributed by atoms with Gasteiger partial charge in [-0.25, -0.2) is 9.59 Å². The van der Waals surface area contributed by atoms with Crippen molar-refractivity contribution in [2.45, 2.75) is 0 Å². The molecule has 0 saturated heterocycles. The van der Waals surface area contributed by atoms with Gasteiger partial charge in [-0.2, -0.15) is 0 Å². The van der Waals surface area contributed by atoms with Crippen LogP contribution < -0.4 is 5.32 Å². The maximum atomic E-state index is 10.3. The average Bonchev–Trinajstić information content (AvgIpc) is 2.38. The van der Waals surface area contributed by atoms with Crippen molar-refractivity contribution in [2.75, 3.05) is 5.32 Å². The minimum Gasteiger partial charge on any atom is -0.478 e. The second-order valence-electron chi connectivity index (χ2n) is 3.52. The summed E-state index contributed by atoms with van der Waals surface area (Å²) in [4.78, 5) is 27.9. The third kappa shape index (κ3) is 6.82. The van der Waals surface area contributed by atoms with Crippen LogP contribution in [0, 0.1) is 0 Å². The number of pyridine rings is 2. The third-order valence-corrected chi connectivity index (χ3v) is 2.78. The van der Waals surface area contributed by atoms with Crippen molar-refractivity contribution in [2.24, 2.45) is 0 Å². The second kappa shape index (κ2) is 8.32. The number of carboxylic acid groups (broad SMARTS) is 2. The van der Waals surface area contributed by atoms with Crippen molar-refractivity contribution in [3.8, 4) is 0 Å². The molecule has 0 aliphatic carbocycles. The van der Waals surface area contributed by atoms with E-state index < -0.39 is 12.1 Å². The van der Waals surface area contributed by atoms with Crippen LogP contribution in [0.1, 0.15) is 10.4 Å². The minimum absolute atomic E-state index is 0.189. The van der Waals surface area contributed by atoms with E-state index in [1.165, 1.54) is 24.7 Å². The van der Waals surface area contributed by atoms with Gasteiger partial charge in [0.1, 0.15) is 0 Å². The fourth-order valence-corrected chi connectivity index (χ4v) is 1.86. The first-order valence-corrected chi connectivity index (χ1v) is 6.91. The highest BCUT2D eigenvalue weighted by Gasteiger charge is 2.01. The lowest BCUT2D eigenvalue weighted by molar-refractivity contribution is 0.0696. The van der Waals surface area contributed by atoms with Gasteiger partial charge in [-0.15, -0.1) is 0 Å². The number of nitrogens with one attached hydrogen (secondary N) is 1. The molecule has 3 N–H and O–H groups in total. The Morgan fingerprint density at radius 1 is 0.952 bits per heavy atom. The van der Waals surface area contributed by atoms with Crippen LogP contribution in [-0.2, 0) is 0 Å². The van der Waals surface area contributed by atoms with E-state index in [4.69, 9.17) is 10.2 Å². The van der Waals surface area contributed by atoms with Crippen LogP contribution >= 0.6 is 31.9 Å². The molecule has 0 unspecified atom stereocenters. The molecular formula is C12H9Br2N3O4. The van der Waals surface area contributed by atoms with Crippen molar-refractivity contribution in [3.05, 3.63) is 51.4 Å². The summed E-state index contributed by atoms with van der Waals surface area (Å²) in [6.07, 6.45) is 4.75. The van der Waals surface area contributed by atoms with E-state index in [0.717, 1.165) is 4.47 Å². The van der Waals surface area contributed by atoms with Crippen molar-refractivity contribution < 1.29 is 19.8 Å². The van der Waals surface area contributed by atoms with E-state index in [9.17, 15) is 9.59 Å². The number of anilines is 1. The zero-order chi connectivity index (χ0) is 15.8. The Hall–Kier alpha value is -2.00. The van der Waals surface area contributed by atoms with Gasteiger partial charge < -0.3 is 10.2 Å². The lowest BCUT2D eigenvalue weighted by Gasteiger charge is -1.98. The van der Waals surface area contributed by atoms with Gasteiger partial charge in [-0.3, -0.25) is 15.3 Å². The van der Waals surface area contributed by atoms with E-state index in [-0.39, 0.29) is 5.56 Å². The topological polar surface area (TPSA) is 112 Å². The zero-order valence-electron chi connectivity index (χ0n) is 10.3. The standard InChI is InChI=1S/C6H5BrN2O2.C6H4BrNO2/c7-4-1-5(3-8-2-4)9-6(10)11;7-5-1-4(6(9)10)2-8-3-5/h1-3,9H,(H,10,11);1-3H,(H,9,10). The first-order chi connectivity index (χ1) is 9.88. The molecule has 0 saturated carbocycles. The van der Waals surface area contributed by atoms with Crippen LogP contribution in [0.3, 0.4) is 0 Å². The Bertz CT molecular complexity index is 652. The summed E-state index contributed by atoms with van der Waals surface area (Å²) in [7, 11) is 0. The van der Waals surface area contributed by atoms with Crippen molar-refractivity contribution >= 4 is 49.6 Å². The molecule has 0 radical (unpaired) electrons. The molecule has 9 heteroatoms. The Labute approximate surface area is 136 Å². The summed E-state index contributed by atoms with van der Waals surface area (Å²) in [5, 5.41) is 18.9. The zero-order valence-corrected chi connectivity index (χ0v) is 13.5. The van der Waals surface area contributed by atoms with Gasteiger partial charge >= 0.3 is 12.1 Å². The summed E-state index contributed by atoms with van der Waals surface area (Å²) in [5.41, 5.74) is 0.640. The molecule has 0 atom stereocenters. The van der Waals surface area contributed by atoms with Gasteiger partial charge in [0.2, 0.25) is 0 Å². The summed E-state index contributed by atoms with van der Waals surface area (Å²) < 4.78 is 1.41. The highest BCUT2D eigenvalue weighted by Crippen LogP contribution is 2.13. The van der Waals surface area contributed by atoms with E-state index in [0.29, 0.717) is 10.2 Å². The largest absolute Gasteiger partial charge is 0.478 e. The number of aromatic carboxylic acids is 1. The molecule has 7 nitrogen and oxygen atoms in total. The van der Waals surface area contributed by atoms with E-state index in [2.05, 4.69) is 47.1 Å². The molecule has 0 aliphatic rings. The molecule has 0 bridgehead atoms. The predicted molar refractivity (Wildman–Crippen MR) is 82.5 cm³/mol. The van der Waals surface area contributed by atoms with E-state index >= 15 is 0 Å². The first kappa shape index (κ1) is 17.1.